The maximum atomic E-state index is 13.2. The third kappa shape index (κ3) is 4.89. The predicted octanol–water partition coefficient (Wildman–Crippen LogP) is 5.52. The smallest absolute Gasteiger partial charge is 0.282 e. The van der Waals surface area contributed by atoms with Gasteiger partial charge in [0.05, 0.1) is 17.1 Å². The van der Waals surface area contributed by atoms with Crippen LogP contribution in [-0.2, 0) is 4.79 Å². The minimum atomic E-state index is -0.284. The highest BCUT2D eigenvalue weighted by Crippen LogP contribution is 2.27. The first-order valence-corrected chi connectivity index (χ1v) is 12.0. The Balaban J connectivity index is 1.50. The molecule has 5 aromatic rings. The van der Waals surface area contributed by atoms with Crippen LogP contribution in [0.3, 0.4) is 0 Å². The summed E-state index contributed by atoms with van der Waals surface area (Å²) >= 11 is 3.41. The molecule has 5 rings (SSSR count). The lowest BCUT2D eigenvalue weighted by molar-refractivity contribution is -0.118. The van der Waals surface area contributed by atoms with Crippen LogP contribution in [0.5, 0.6) is 5.75 Å². The fourth-order valence-corrected chi connectivity index (χ4v) is 4.27. The number of carbonyl (C=O) groups is 1. The van der Waals surface area contributed by atoms with Crippen LogP contribution < -0.4 is 15.6 Å². The summed E-state index contributed by atoms with van der Waals surface area (Å²) in [7, 11) is 0. The number of hydrogen-bond acceptors (Lipinski definition) is 5. The van der Waals surface area contributed by atoms with Crippen molar-refractivity contribution < 1.29 is 9.53 Å². The van der Waals surface area contributed by atoms with Gasteiger partial charge in [0, 0.05) is 15.7 Å². The lowest BCUT2D eigenvalue weighted by Gasteiger charge is -2.12. The first kappa shape index (κ1) is 23.4. The van der Waals surface area contributed by atoms with Gasteiger partial charge in [0.15, 0.2) is 6.61 Å². The second kappa shape index (κ2) is 10.1. The van der Waals surface area contributed by atoms with Crippen molar-refractivity contribution in [1.29, 1.82) is 0 Å². The number of ether oxygens (including phenoxy) is 1. The summed E-state index contributed by atoms with van der Waals surface area (Å²) < 4.78 is 7.95. The van der Waals surface area contributed by atoms with E-state index in [0.717, 1.165) is 15.2 Å². The zero-order valence-corrected chi connectivity index (χ0v) is 20.9. The number of fused-ring (bicyclic) bond motifs is 2. The maximum absolute atomic E-state index is 13.2. The van der Waals surface area contributed by atoms with Crippen molar-refractivity contribution in [2.24, 2.45) is 5.10 Å². The van der Waals surface area contributed by atoms with Gasteiger partial charge in [-0.2, -0.15) is 9.78 Å². The van der Waals surface area contributed by atoms with E-state index in [-0.39, 0.29) is 18.1 Å². The van der Waals surface area contributed by atoms with Gasteiger partial charge in [-0.3, -0.25) is 9.59 Å². The lowest BCUT2D eigenvalue weighted by Crippen LogP contribution is -2.21. The molecule has 0 saturated carbocycles. The van der Waals surface area contributed by atoms with E-state index in [1.807, 2.05) is 66.7 Å². The average molecular weight is 541 g/mol. The second-order valence-corrected chi connectivity index (χ2v) is 9.00. The van der Waals surface area contributed by atoms with Crippen LogP contribution in [0.2, 0.25) is 0 Å². The summed E-state index contributed by atoms with van der Waals surface area (Å²) in [6, 6.07) is 26.0. The number of rotatable bonds is 6. The number of para-hydroxylation sites is 1. The quantitative estimate of drug-likeness (QED) is 0.287. The van der Waals surface area contributed by atoms with E-state index in [1.54, 1.807) is 31.3 Å². The highest BCUT2D eigenvalue weighted by Gasteiger charge is 2.12. The molecule has 0 radical (unpaired) electrons. The van der Waals surface area contributed by atoms with Crippen LogP contribution in [0.25, 0.3) is 21.7 Å². The Kier molecular flexibility index (Phi) is 6.60. The summed E-state index contributed by atoms with van der Waals surface area (Å²) in [6.45, 7) is 1.55. The molecule has 36 heavy (non-hydrogen) atoms. The molecule has 7 nitrogen and oxygen atoms in total. The fourth-order valence-electron chi connectivity index (χ4n) is 3.91. The van der Waals surface area contributed by atoms with Crippen LogP contribution in [0.4, 0.5) is 5.69 Å². The number of halogens is 1. The van der Waals surface area contributed by atoms with Gasteiger partial charge in [-0.15, -0.1) is 0 Å². The summed E-state index contributed by atoms with van der Waals surface area (Å²) in [5.74, 6) is 0.646. The van der Waals surface area contributed by atoms with Crippen molar-refractivity contribution in [3.8, 4) is 5.75 Å². The van der Waals surface area contributed by atoms with Crippen molar-refractivity contribution >= 4 is 55.4 Å². The van der Waals surface area contributed by atoms with Crippen molar-refractivity contribution in [2.75, 3.05) is 11.9 Å². The highest BCUT2D eigenvalue weighted by molar-refractivity contribution is 9.10. The highest BCUT2D eigenvalue weighted by atomic mass is 79.9. The minimum Gasteiger partial charge on any atom is -0.483 e. The van der Waals surface area contributed by atoms with E-state index in [2.05, 4.69) is 31.3 Å². The number of nitrogens with one attached hydrogen (secondary N) is 1. The summed E-state index contributed by atoms with van der Waals surface area (Å²) in [5, 5.41) is 9.60. The number of aryl methyl sites for hydroxylation is 1. The monoisotopic (exact) mass is 540 g/mol. The Bertz CT molecular complexity index is 1680. The number of carbonyl (C=O) groups excluding carboxylic acids is 1. The summed E-state index contributed by atoms with van der Waals surface area (Å²) in [6.07, 6.45) is 1.58. The van der Waals surface area contributed by atoms with E-state index in [1.165, 1.54) is 4.68 Å². The standard InChI is InChI=1S/C28H21BrN4O3/c1-18-31-25-13-12-20(29)15-23(25)28(35)33(18)30-16-24-22-10-6-5-7-19(22)11-14-26(24)36-17-27(34)32-21-8-3-2-4-9-21/h2-16H,17H2,1H3,(H,32,34). The molecule has 0 fully saturated rings. The average Bonchev–Trinajstić information content (AvgIpc) is 2.89. The number of amides is 1. The predicted molar refractivity (Wildman–Crippen MR) is 146 cm³/mol. The number of nitrogens with zero attached hydrogens (tertiary/aromatic N) is 3. The zero-order chi connectivity index (χ0) is 25.1. The second-order valence-electron chi connectivity index (χ2n) is 8.08. The third-order valence-electron chi connectivity index (χ3n) is 5.62. The van der Waals surface area contributed by atoms with E-state index in [0.29, 0.717) is 33.7 Å². The molecule has 1 N–H and O–H groups in total. The minimum absolute atomic E-state index is 0.182. The van der Waals surface area contributed by atoms with Gasteiger partial charge < -0.3 is 10.1 Å². The Labute approximate surface area is 215 Å². The molecule has 0 aliphatic carbocycles. The lowest BCUT2D eigenvalue weighted by atomic mass is 10.0. The molecule has 0 aliphatic heterocycles. The Morgan fingerprint density at radius 2 is 1.81 bits per heavy atom. The molecule has 8 heteroatoms. The van der Waals surface area contributed by atoms with Crippen LogP contribution in [0.1, 0.15) is 11.4 Å². The molecule has 1 aromatic heterocycles. The third-order valence-corrected chi connectivity index (χ3v) is 6.11. The van der Waals surface area contributed by atoms with Crippen LogP contribution >= 0.6 is 15.9 Å². The summed E-state index contributed by atoms with van der Waals surface area (Å²) in [5.41, 5.74) is 1.67. The van der Waals surface area contributed by atoms with Gasteiger partial charge in [0.2, 0.25) is 0 Å². The maximum Gasteiger partial charge on any atom is 0.282 e. The van der Waals surface area contributed by atoms with Gasteiger partial charge in [-0.25, -0.2) is 4.98 Å². The van der Waals surface area contributed by atoms with Crippen molar-refractivity contribution in [1.82, 2.24) is 9.66 Å². The normalized spacial score (nSPS) is 11.3. The van der Waals surface area contributed by atoms with Gasteiger partial charge in [-0.1, -0.05) is 64.5 Å². The van der Waals surface area contributed by atoms with Gasteiger partial charge in [-0.05, 0) is 54.1 Å². The van der Waals surface area contributed by atoms with E-state index >= 15 is 0 Å². The molecule has 0 saturated heterocycles. The molecule has 0 spiro atoms. The van der Waals surface area contributed by atoms with Crippen molar-refractivity contribution in [3.05, 3.63) is 111 Å². The molecule has 1 amide bonds. The molecule has 0 bridgehead atoms. The SMILES string of the molecule is Cc1nc2ccc(Br)cc2c(=O)n1N=Cc1c(OCC(=O)Nc2ccccc2)ccc2ccccc12. The molecule has 178 valence electrons. The van der Waals surface area contributed by atoms with Crippen LogP contribution in [-0.4, -0.2) is 28.4 Å². The van der Waals surface area contributed by atoms with Gasteiger partial charge in [0.25, 0.3) is 11.5 Å². The van der Waals surface area contributed by atoms with E-state index in [4.69, 9.17) is 4.74 Å². The molecular formula is C28H21BrN4O3. The van der Waals surface area contributed by atoms with E-state index < -0.39 is 0 Å². The van der Waals surface area contributed by atoms with Gasteiger partial charge in [0.1, 0.15) is 11.6 Å². The molecule has 0 aliphatic rings. The number of benzene rings is 4. The van der Waals surface area contributed by atoms with E-state index in [9.17, 15) is 9.59 Å². The fraction of sp³-hybridized carbons (Fsp3) is 0.0714. The van der Waals surface area contributed by atoms with Crippen LogP contribution in [0.15, 0.2) is 99.3 Å². The van der Waals surface area contributed by atoms with Crippen molar-refractivity contribution in [2.45, 2.75) is 6.92 Å². The Hall–Kier alpha value is -4.30. The Morgan fingerprint density at radius 3 is 2.64 bits per heavy atom. The van der Waals surface area contributed by atoms with Crippen molar-refractivity contribution in [3.63, 3.8) is 0 Å². The number of anilines is 1. The molecule has 0 atom stereocenters. The molecule has 4 aromatic carbocycles. The first-order chi connectivity index (χ1) is 17.5. The van der Waals surface area contributed by atoms with Crippen LogP contribution in [0, 0.1) is 6.92 Å². The largest absolute Gasteiger partial charge is 0.483 e. The zero-order valence-electron chi connectivity index (χ0n) is 19.3. The molecule has 1 heterocycles. The summed E-state index contributed by atoms with van der Waals surface area (Å²) in [4.78, 5) is 30.1. The Morgan fingerprint density at radius 1 is 1.03 bits per heavy atom. The van der Waals surface area contributed by atoms with Gasteiger partial charge >= 0.3 is 0 Å². The first-order valence-electron chi connectivity index (χ1n) is 11.2. The number of aromatic nitrogens is 2. The number of hydrogen-bond donors (Lipinski definition) is 1. The molecule has 0 unspecified atom stereocenters. The molecular weight excluding hydrogens is 520 g/mol. The topological polar surface area (TPSA) is 85.6 Å².